The molecule has 3 N–H and O–H groups in total. The van der Waals surface area contributed by atoms with Gasteiger partial charge in [0.15, 0.2) is 0 Å². The van der Waals surface area contributed by atoms with Crippen LogP contribution in [-0.2, 0) is 9.59 Å². The summed E-state index contributed by atoms with van der Waals surface area (Å²) in [4.78, 5) is 40.9. The molecule has 236 valence electrons. The third-order valence-electron chi connectivity index (χ3n) is 7.15. The summed E-state index contributed by atoms with van der Waals surface area (Å²) in [7, 11) is 0. The van der Waals surface area contributed by atoms with Gasteiger partial charge in [0.1, 0.15) is 10.9 Å². The molecule has 5 aromatic rings. The van der Waals surface area contributed by atoms with E-state index in [1.165, 1.54) is 17.8 Å². The molecular formula is C38H31Cl2N3O3S. The molecule has 1 unspecified atom stereocenters. The van der Waals surface area contributed by atoms with Crippen LogP contribution in [0.4, 0.5) is 11.4 Å². The predicted molar refractivity (Wildman–Crippen MR) is 193 cm³/mol. The average molecular weight is 681 g/mol. The van der Waals surface area contributed by atoms with E-state index in [1.807, 2.05) is 74.5 Å². The van der Waals surface area contributed by atoms with Gasteiger partial charge in [-0.15, -0.1) is 11.8 Å². The van der Waals surface area contributed by atoms with Crippen molar-refractivity contribution in [3.05, 3.63) is 165 Å². The molecule has 1 atom stereocenters. The molecule has 0 spiro atoms. The van der Waals surface area contributed by atoms with Crippen LogP contribution in [0.3, 0.4) is 0 Å². The lowest BCUT2D eigenvalue weighted by atomic mass is 10.1. The first-order valence-electron chi connectivity index (χ1n) is 14.7. The van der Waals surface area contributed by atoms with Crippen LogP contribution in [-0.4, -0.2) is 17.7 Å². The van der Waals surface area contributed by atoms with Crippen LogP contribution in [0.5, 0.6) is 0 Å². The Kier molecular flexibility index (Phi) is 11.2. The van der Waals surface area contributed by atoms with Crippen molar-refractivity contribution in [2.45, 2.75) is 24.0 Å². The Morgan fingerprint density at radius 1 is 0.745 bits per heavy atom. The van der Waals surface area contributed by atoms with Crippen molar-refractivity contribution < 1.29 is 14.4 Å². The Morgan fingerprint density at radius 2 is 1.43 bits per heavy atom. The number of anilines is 2. The number of halogens is 2. The SMILES string of the molecule is Cc1ccc(C)c(NC(=O)C(Sc2ccc(NC(=O)/C(=C/c3ccc(Cl)cc3Cl)NC(=O)c3ccccc3)cc2)c2ccccc2)c1. The molecule has 0 fully saturated rings. The quantitative estimate of drug-likeness (QED) is 0.101. The van der Waals surface area contributed by atoms with Gasteiger partial charge in [-0.25, -0.2) is 0 Å². The summed E-state index contributed by atoms with van der Waals surface area (Å²) in [6.07, 6.45) is 1.50. The van der Waals surface area contributed by atoms with Gasteiger partial charge < -0.3 is 16.0 Å². The molecule has 3 amide bonds. The summed E-state index contributed by atoms with van der Waals surface area (Å²) in [5.41, 5.74) is 5.07. The van der Waals surface area contributed by atoms with Crippen LogP contribution in [0.15, 0.2) is 132 Å². The Hall–Kier alpha value is -4.82. The second-order valence-electron chi connectivity index (χ2n) is 10.7. The fourth-order valence-electron chi connectivity index (χ4n) is 4.64. The molecule has 0 bridgehead atoms. The van der Waals surface area contributed by atoms with E-state index in [1.54, 1.807) is 60.7 Å². The van der Waals surface area contributed by atoms with Crippen molar-refractivity contribution in [2.75, 3.05) is 10.6 Å². The van der Waals surface area contributed by atoms with Gasteiger partial charge >= 0.3 is 0 Å². The number of amides is 3. The van der Waals surface area contributed by atoms with E-state index in [2.05, 4.69) is 16.0 Å². The van der Waals surface area contributed by atoms with Crippen molar-refractivity contribution in [3.63, 3.8) is 0 Å². The maximum atomic E-state index is 13.6. The average Bonchev–Trinajstić information content (AvgIpc) is 3.07. The second kappa shape index (κ2) is 15.6. The summed E-state index contributed by atoms with van der Waals surface area (Å²) < 4.78 is 0. The van der Waals surface area contributed by atoms with Crippen molar-refractivity contribution in [3.8, 4) is 0 Å². The number of benzene rings is 5. The number of hydrogen-bond acceptors (Lipinski definition) is 4. The first kappa shape index (κ1) is 33.5. The maximum Gasteiger partial charge on any atom is 0.272 e. The molecule has 5 rings (SSSR count). The summed E-state index contributed by atoms with van der Waals surface area (Å²) in [6.45, 7) is 3.95. The van der Waals surface area contributed by atoms with Crippen molar-refractivity contribution in [1.29, 1.82) is 0 Å². The molecule has 0 saturated heterocycles. The zero-order chi connectivity index (χ0) is 33.3. The summed E-state index contributed by atoms with van der Waals surface area (Å²) in [5.74, 6) is -1.14. The molecular weight excluding hydrogens is 649 g/mol. The number of nitrogens with one attached hydrogen (secondary N) is 3. The van der Waals surface area contributed by atoms with E-state index in [9.17, 15) is 14.4 Å². The Labute approximate surface area is 288 Å². The number of hydrogen-bond donors (Lipinski definition) is 3. The first-order valence-corrected chi connectivity index (χ1v) is 16.3. The van der Waals surface area contributed by atoms with Crippen LogP contribution in [0.1, 0.15) is 37.9 Å². The van der Waals surface area contributed by atoms with E-state index in [0.717, 1.165) is 27.3 Å². The number of thioether (sulfide) groups is 1. The summed E-state index contributed by atoms with van der Waals surface area (Å²) in [5, 5.41) is 8.91. The van der Waals surface area contributed by atoms with Crippen molar-refractivity contribution >= 4 is 70.1 Å². The summed E-state index contributed by atoms with van der Waals surface area (Å²) >= 11 is 13.8. The predicted octanol–water partition coefficient (Wildman–Crippen LogP) is 9.49. The monoisotopic (exact) mass is 679 g/mol. The second-order valence-corrected chi connectivity index (χ2v) is 12.8. The van der Waals surface area contributed by atoms with Crippen molar-refractivity contribution in [2.24, 2.45) is 0 Å². The van der Waals surface area contributed by atoms with Crippen LogP contribution in [0, 0.1) is 13.8 Å². The molecule has 0 aliphatic heterocycles. The molecule has 0 radical (unpaired) electrons. The van der Waals surface area contributed by atoms with Crippen molar-refractivity contribution in [1.82, 2.24) is 5.32 Å². The fraction of sp³-hybridized carbons (Fsp3) is 0.0789. The standard InChI is InChI=1S/C38H31Cl2N3O3S/c1-24-13-14-25(2)33(21-24)42-38(46)35(26-9-5-3-6-10-26)47-31-19-17-30(18-20-31)41-37(45)34(22-28-15-16-29(39)23-32(28)40)43-36(44)27-11-7-4-8-12-27/h3-23,35H,1-2H3,(H,41,45)(H,42,46)(H,43,44)/b34-22-. The number of rotatable bonds is 10. The number of carbonyl (C=O) groups is 3. The Balaban J connectivity index is 1.35. The lowest BCUT2D eigenvalue weighted by Gasteiger charge is -2.18. The van der Waals surface area contributed by atoms with Crippen LogP contribution >= 0.6 is 35.0 Å². The molecule has 0 aliphatic carbocycles. The lowest BCUT2D eigenvalue weighted by molar-refractivity contribution is -0.116. The minimum Gasteiger partial charge on any atom is -0.325 e. The molecule has 9 heteroatoms. The third-order valence-corrected chi connectivity index (χ3v) is 8.98. The van der Waals surface area contributed by atoms with Gasteiger partial charge in [0.05, 0.1) is 0 Å². The highest BCUT2D eigenvalue weighted by Gasteiger charge is 2.23. The molecule has 5 aromatic carbocycles. The van der Waals surface area contributed by atoms with Gasteiger partial charge in [0.2, 0.25) is 5.91 Å². The van der Waals surface area contributed by atoms with Gasteiger partial charge in [-0.2, -0.15) is 0 Å². The fourth-order valence-corrected chi connectivity index (χ4v) is 6.12. The first-order chi connectivity index (χ1) is 22.7. The number of aryl methyl sites for hydroxylation is 2. The van der Waals surface area contributed by atoms with Crippen LogP contribution < -0.4 is 16.0 Å². The largest absolute Gasteiger partial charge is 0.325 e. The minimum atomic E-state index is -0.546. The zero-order valence-corrected chi connectivity index (χ0v) is 27.9. The van der Waals surface area contributed by atoms with Gasteiger partial charge in [-0.1, -0.05) is 89.9 Å². The van der Waals surface area contributed by atoms with Crippen LogP contribution in [0.2, 0.25) is 10.0 Å². The molecule has 6 nitrogen and oxygen atoms in total. The van der Waals surface area contributed by atoms with E-state index in [-0.39, 0.29) is 11.6 Å². The van der Waals surface area contributed by atoms with E-state index < -0.39 is 17.1 Å². The summed E-state index contributed by atoms with van der Waals surface area (Å²) in [6, 6.07) is 36.2. The maximum absolute atomic E-state index is 13.6. The highest BCUT2D eigenvalue weighted by Crippen LogP contribution is 2.37. The van der Waals surface area contributed by atoms with E-state index in [0.29, 0.717) is 26.9 Å². The third kappa shape index (κ3) is 9.14. The Bertz CT molecular complexity index is 1930. The molecule has 0 heterocycles. The van der Waals surface area contributed by atoms with Gasteiger partial charge in [-0.05, 0) is 96.8 Å². The highest BCUT2D eigenvalue weighted by atomic mass is 35.5. The van der Waals surface area contributed by atoms with E-state index >= 15 is 0 Å². The van der Waals surface area contributed by atoms with Crippen LogP contribution in [0.25, 0.3) is 6.08 Å². The van der Waals surface area contributed by atoms with Gasteiger partial charge in [0.25, 0.3) is 11.8 Å². The molecule has 0 aromatic heterocycles. The van der Waals surface area contributed by atoms with E-state index in [4.69, 9.17) is 23.2 Å². The van der Waals surface area contributed by atoms with Gasteiger partial charge in [0, 0.05) is 31.9 Å². The molecule has 47 heavy (non-hydrogen) atoms. The molecule has 0 saturated carbocycles. The normalized spacial score (nSPS) is 11.8. The minimum absolute atomic E-state index is 0.00576. The lowest BCUT2D eigenvalue weighted by Crippen LogP contribution is -2.30. The topological polar surface area (TPSA) is 87.3 Å². The number of carbonyl (C=O) groups excluding carboxylic acids is 3. The van der Waals surface area contributed by atoms with Gasteiger partial charge in [-0.3, -0.25) is 14.4 Å². The Morgan fingerprint density at radius 3 is 2.11 bits per heavy atom. The zero-order valence-electron chi connectivity index (χ0n) is 25.6. The highest BCUT2D eigenvalue weighted by molar-refractivity contribution is 8.00. The smallest absolute Gasteiger partial charge is 0.272 e. The molecule has 0 aliphatic rings.